The van der Waals surface area contributed by atoms with Gasteiger partial charge < -0.3 is 4.90 Å². The van der Waals surface area contributed by atoms with E-state index < -0.39 is 0 Å². The lowest BCUT2D eigenvalue weighted by Gasteiger charge is -2.43. The number of halogens is 2. The van der Waals surface area contributed by atoms with Crippen LogP contribution in [-0.2, 0) is 5.88 Å². The van der Waals surface area contributed by atoms with Gasteiger partial charge in [0.1, 0.15) is 0 Å². The molecule has 4 heteroatoms. The van der Waals surface area contributed by atoms with Crippen molar-refractivity contribution in [2.45, 2.75) is 37.7 Å². The Kier molecular flexibility index (Phi) is 4.06. The summed E-state index contributed by atoms with van der Waals surface area (Å²) >= 11 is 9.55. The van der Waals surface area contributed by atoms with Crippen LogP contribution in [0.2, 0.25) is 0 Å². The first-order chi connectivity index (χ1) is 9.19. The summed E-state index contributed by atoms with van der Waals surface area (Å²) in [5.41, 5.74) is 2.48. The van der Waals surface area contributed by atoms with Crippen molar-refractivity contribution in [3.05, 3.63) is 28.2 Å². The fraction of sp³-hybridized carbons (Fsp3) is 0.600. The van der Waals surface area contributed by atoms with Gasteiger partial charge in [0.15, 0.2) is 0 Å². The van der Waals surface area contributed by atoms with Gasteiger partial charge in [0.25, 0.3) is 0 Å². The van der Waals surface area contributed by atoms with E-state index in [4.69, 9.17) is 11.6 Å². The van der Waals surface area contributed by atoms with Gasteiger partial charge in [-0.15, -0.1) is 11.6 Å². The van der Waals surface area contributed by atoms with Crippen molar-refractivity contribution in [1.82, 2.24) is 4.90 Å². The van der Waals surface area contributed by atoms with Crippen molar-refractivity contribution in [3.63, 3.8) is 0 Å². The van der Waals surface area contributed by atoms with Gasteiger partial charge in [0.05, 0.1) is 0 Å². The molecular formula is C15H20BrClN2. The molecule has 0 amide bonds. The molecule has 0 bridgehead atoms. The molecule has 0 aromatic heterocycles. The zero-order valence-corrected chi connectivity index (χ0v) is 13.6. The molecule has 104 valence electrons. The maximum atomic E-state index is 5.92. The van der Waals surface area contributed by atoms with Crippen molar-refractivity contribution >= 4 is 33.2 Å². The van der Waals surface area contributed by atoms with Gasteiger partial charge >= 0.3 is 0 Å². The standard InChI is InChI=1S/C15H20BrClN2/c1-11-9-18-6-2-3-14(18)10-19(11)13-5-4-12(8-17)15(16)7-13/h4-5,7,11,14H,2-3,6,8-10H2,1H3. The summed E-state index contributed by atoms with van der Waals surface area (Å²) < 4.78 is 1.13. The average molecular weight is 344 g/mol. The molecule has 2 saturated heterocycles. The number of piperazine rings is 1. The second-order valence-corrected chi connectivity index (χ2v) is 6.82. The maximum absolute atomic E-state index is 5.92. The first kappa shape index (κ1) is 13.7. The van der Waals surface area contributed by atoms with Crippen LogP contribution in [0.15, 0.2) is 22.7 Å². The molecule has 19 heavy (non-hydrogen) atoms. The Morgan fingerprint density at radius 1 is 1.37 bits per heavy atom. The minimum Gasteiger partial charge on any atom is -0.366 e. The number of alkyl halides is 1. The molecule has 2 heterocycles. The third-order valence-corrected chi connectivity index (χ3v) is 5.48. The third-order valence-electron chi connectivity index (χ3n) is 4.45. The van der Waals surface area contributed by atoms with E-state index in [1.165, 1.54) is 31.6 Å². The second-order valence-electron chi connectivity index (χ2n) is 5.70. The summed E-state index contributed by atoms with van der Waals surface area (Å²) in [5, 5.41) is 0. The van der Waals surface area contributed by atoms with E-state index >= 15 is 0 Å². The molecule has 3 rings (SSSR count). The summed E-state index contributed by atoms with van der Waals surface area (Å²) in [4.78, 5) is 5.21. The highest BCUT2D eigenvalue weighted by Gasteiger charge is 2.34. The van der Waals surface area contributed by atoms with Crippen LogP contribution in [-0.4, -0.2) is 36.6 Å². The van der Waals surface area contributed by atoms with E-state index in [1.54, 1.807) is 0 Å². The predicted molar refractivity (Wildman–Crippen MR) is 85.1 cm³/mol. The van der Waals surface area contributed by atoms with E-state index in [1.807, 2.05) is 0 Å². The van der Waals surface area contributed by atoms with Gasteiger partial charge in [-0.25, -0.2) is 0 Å². The Hall–Kier alpha value is -0.250. The van der Waals surface area contributed by atoms with Gasteiger partial charge in [-0.2, -0.15) is 0 Å². The number of benzene rings is 1. The van der Waals surface area contributed by atoms with E-state index in [9.17, 15) is 0 Å². The first-order valence-corrected chi connectivity index (χ1v) is 8.37. The Bertz CT molecular complexity index is 465. The van der Waals surface area contributed by atoms with Crippen LogP contribution in [0.5, 0.6) is 0 Å². The zero-order valence-electron chi connectivity index (χ0n) is 11.3. The molecule has 0 saturated carbocycles. The molecule has 1 aromatic rings. The molecule has 2 aliphatic rings. The molecule has 2 atom stereocenters. The Morgan fingerprint density at radius 3 is 2.95 bits per heavy atom. The van der Waals surface area contributed by atoms with Crippen molar-refractivity contribution < 1.29 is 0 Å². The highest BCUT2D eigenvalue weighted by molar-refractivity contribution is 9.10. The lowest BCUT2D eigenvalue weighted by molar-refractivity contribution is 0.203. The van der Waals surface area contributed by atoms with E-state index in [0.29, 0.717) is 11.9 Å². The van der Waals surface area contributed by atoms with Crippen LogP contribution in [0, 0.1) is 0 Å². The Morgan fingerprint density at radius 2 is 2.21 bits per heavy atom. The van der Waals surface area contributed by atoms with E-state index in [0.717, 1.165) is 22.6 Å². The molecule has 2 fully saturated rings. The summed E-state index contributed by atoms with van der Waals surface area (Å²) in [6.45, 7) is 5.98. The summed E-state index contributed by atoms with van der Waals surface area (Å²) in [6.07, 6.45) is 2.71. The molecule has 0 spiro atoms. The van der Waals surface area contributed by atoms with Crippen LogP contribution in [0.4, 0.5) is 5.69 Å². The van der Waals surface area contributed by atoms with Gasteiger partial charge in [-0.3, -0.25) is 4.90 Å². The van der Waals surface area contributed by atoms with Crippen LogP contribution in [0.1, 0.15) is 25.3 Å². The van der Waals surface area contributed by atoms with Gasteiger partial charge in [0.2, 0.25) is 0 Å². The Labute approximate surface area is 128 Å². The first-order valence-electron chi connectivity index (χ1n) is 7.04. The molecule has 2 aliphatic heterocycles. The number of nitrogens with zero attached hydrogens (tertiary/aromatic N) is 2. The fourth-order valence-corrected chi connectivity index (χ4v) is 4.27. The summed E-state index contributed by atoms with van der Waals surface area (Å²) in [7, 11) is 0. The highest BCUT2D eigenvalue weighted by Crippen LogP contribution is 2.31. The topological polar surface area (TPSA) is 6.48 Å². The largest absolute Gasteiger partial charge is 0.366 e. The number of hydrogen-bond donors (Lipinski definition) is 0. The molecule has 0 radical (unpaired) electrons. The molecule has 2 unspecified atom stereocenters. The third kappa shape index (κ3) is 2.65. The summed E-state index contributed by atoms with van der Waals surface area (Å²) in [5.74, 6) is 0.562. The van der Waals surface area contributed by atoms with Crippen molar-refractivity contribution in [2.75, 3.05) is 24.5 Å². The van der Waals surface area contributed by atoms with Crippen molar-refractivity contribution in [3.8, 4) is 0 Å². The van der Waals surface area contributed by atoms with Gasteiger partial charge in [-0.1, -0.05) is 22.0 Å². The lowest BCUT2D eigenvalue weighted by Crippen LogP contribution is -2.55. The van der Waals surface area contributed by atoms with Crippen molar-refractivity contribution in [2.24, 2.45) is 0 Å². The predicted octanol–water partition coefficient (Wildman–Crippen LogP) is 3.86. The molecule has 0 N–H and O–H groups in total. The average Bonchev–Trinajstić information content (AvgIpc) is 2.84. The summed E-state index contributed by atoms with van der Waals surface area (Å²) in [6, 6.07) is 7.91. The highest BCUT2D eigenvalue weighted by atomic mass is 79.9. The zero-order chi connectivity index (χ0) is 13.4. The van der Waals surface area contributed by atoms with Crippen LogP contribution >= 0.6 is 27.5 Å². The Balaban J connectivity index is 1.82. The van der Waals surface area contributed by atoms with Crippen molar-refractivity contribution in [1.29, 1.82) is 0 Å². The van der Waals surface area contributed by atoms with E-state index in [-0.39, 0.29) is 0 Å². The lowest BCUT2D eigenvalue weighted by atomic mass is 10.1. The SMILES string of the molecule is CC1CN2CCCC2CN1c1ccc(CCl)c(Br)c1. The second kappa shape index (κ2) is 5.63. The smallest absolute Gasteiger partial charge is 0.0485 e. The minimum absolute atomic E-state index is 0.562. The number of anilines is 1. The molecule has 2 nitrogen and oxygen atoms in total. The maximum Gasteiger partial charge on any atom is 0.0485 e. The molecular weight excluding hydrogens is 324 g/mol. The number of rotatable bonds is 2. The normalized spacial score (nSPS) is 27.6. The van der Waals surface area contributed by atoms with E-state index in [2.05, 4.69) is 50.9 Å². The number of hydrogen-bond acceptors (Lipinski definition) is 2. The van der Waals surface area contributed by atoms with Gasteiger partial charge in [0, 0.05) is 41.2 Å². The molecule has 1 aromatic carbocycles. The van der Waals surface area contributed by atoms with Crippen LogP contribution in [0.3, 0.4) is 0 Å². The number of fused-ring (bicyclic) bond motifs is 1. The van der Waals surface area contributed by atoms with Crippen LogP contribution in [0.25, 0.3) is 0 Å². The monoisotopic (exact) mass is 342 g/mol. The minimum atomic E-state index is 0.562. The van der Waals surface area contributed by atoms with Gasteiger partial charge in [-0.05, 0) is 44.0 Å². The van der Waals surface area contributed by atoms with Crippen LogP contribution < -0.4 is 4.90 Å². The fourth-order valence-electron chi connectivity index (χ4n) is 3.37. The molecule has 0 aliphatic carbocycles. The quantitative estimate of drug-likeness (QED) is 0.752.